The van der Waals surface area contributed by atoms with Crippen LogP contribution in [0.25, 0.3) is 16.9 Å². The fraction of sp³-hybridized carbons (Fsp3) is 0.133. The highest BCUT2D eigenvalue weighted by atomic mass is 79.9. The van der Waals surface area contributed by atoms with Crippen LogP contribution in [0.1, 0.15) is 5.69 Å². The van der Waals surface area contributed by atoms with E-state index in [4.69, 9.17) is 9.72 Å². The van der Waals surface area contributed by atoms with Crippen molar-refractivity contribution in [1.82, 2.24) is 9.38 Å². The van der Waals surface area contributed by atoms with Gasteiger partial charge in [0, 0.05) is 17.5 Å². The maximum absolute atomic E-state index is 5.27. The summed E-state index contributed by atoms with van der Waals surface area (Å²) in [7, 11) is 1.67. The molecule has 1 aromatic carbocycles. The third-order valence-corrected chi connectivity index (χ3v) is 3.80. The third-order valence-electron chi connectivity index (χ3n) is 3.18. The largest absolute Gasteiger partial charge is 0.497 e. The van der Waals surface area contributed by atoms with E-state index in [0.717, 1.165) is 32.8 Å². The van der Waals surface area contributed by atoms with Crippen LogP contribution in [0.4, 0.5) is 0 Å². The molecule has 3 rings (SSSR count). The van der Waals surface area contributed by atoms with Crippen molar-refractivity contribution in [2.75, 3.05) is 7.11 Å². The van der Waals surface area contributed by atoms with Crippen molar-refractivity contribution in [3.8, 4) is 17.0 Å². The average molecular weight is 317 g/mol. The maximum Gasteiger partial charge on any atom is 0.152 e. The van der Waals surface area contributed by atoms with E-state index in [1.54, 1.807) is 7.11 Å². The first kappa shape index (κ1) is 12.2. The molecule has 0 fully saturated rings. The first-order valence-corrected chi connectivity index (χ1v) is 6.77. The van der Waals surface area contributed by atoms with Crippen molar-refractivity contribution in [2.24, 2.45) is 0 Å². The topological polar surface area (TPSA) is 26.5 Å². The highest BCUT2D eigenvalue weighted by Crippen LogP contribution is 2.29. The number of rotatable bonds is 2. The van der Waals surface area contributed by atoms with Gasteiger partial charge in [-0.05, 0) is 47.1 Å². The Bertz CT molecular complexity index is 749. The van der Waals surface area contributed by atoms with E-state index in [1.807, 2.05) is 42.6 Å². The van der Waals surface area contributed by atoms with Crippen molar-refractivity contribution in [3.05, 3.63) is 52.8 Å². The van der Waals surface area contributed by atoms with Gasteiger partial charge in [-0.25, -0.2) is 4.98 Å². The zero-order chi connectivity index (χ0) is 13.4. The molecule has 0 bridgehead atoms. The number of hydrogen-bond donors (Lipinski definition) is 0. The molecule has 0 amide bonds. The zero-order valence-corrected chi connectivity index (χ0v) is 12.3. The molecule has 0 spiro atoms. The quantitative estimate of drug-likeness (QED) is 0.712. The van der Waals surface area contributed by atoms with E-state index >= 15 is 0 Å². The molecule has 2 heterocycles. The second kappa shape index (κ2) is 4.70. The Balaban J connectivity index is 2.25. The van der Waals surface area contributed by atoms with Gasteiger partial charge in [-0.2, -0.15) is 0 Å². The Morgan fingerprint density at radius 2 is 2.05 bits per heavy atom. The molecule has 0 unspecified atom stereocenters. The van der Waals surface area contributed by atoms with Crippen LogP contribution in [0.2, 0.25) is 0 Å². The summed E-state index contributed by atoms with van der Waals surface area (Å²) in [6.07, 6.45) is 2.02. The van der Waals surface area contributed by atoms with Gasteiger partial charge in [-0.1, -0.05) is 12.1 Å². The van der Waals surface area contributed by atoms with Crippen molar-refractivity contribution in [1.29, 1.82) is 0 Å². The summed E-state index contributed by atoms with van der Waals surface area (Å²) in [5.41, 5.74) is 4.08. The van der Waals surface area contributed by atoms with Crippen LogP contribution < -0.4 is 4.74 Å². The maximum atomic E-state index is 5.27. The lowest BCUT2D eigenvalue weighted by Crippen LogP contribution is -1.88. The van der Waals surface area contributed by atoms with Gasteiger partial charge in [-0.3, -0.25) is 0 Å². The number of aryl methyl sites for hydroxylation is 1. The lowest BCUT2D eigenvalue weighted by atomic mass is 10.1. The van der Waals surface area contributed by atoms with Crippen molar-refractivity contribution >= 4 is 21.6 Å². The summed E-state index contributed by atoms with van der Waals surface area (Å²) in [5.74, 6) is 0.841. The SMILES string of the molecule is COc1cccc(-c2nc3c(Br)cccn3c2C)c1. The van der Waals surface area contributed by atoms with E-state index in [-0.39, 0.29) is 0 Å². The molecule has 0 aliphatic carbocycles. The Labute approximate surface area is 120 Å². The molecule has 96 valence electrons. The van der Waals surface area contributed by atoms with Gasteiger partial charge in [0.25, 0.3) is 0 Å². The number of hydrogen-bond acceptors (Lipinski definition) is 2. The van der Waals surface area contributed by atoms with Crippen LogP contribution in [-0.4, -0.2) is 16.5 Å². The fourth-order valence-electron chi connectivity index (χ4n) is 2.20. The summed E-state index contributed by atoms with van der Waals surface area (Å²) in [4.78, 5) is 4.72. The molecule has 4 heteroatoms. The van der Waals surface area contributed by atoms with E-state index in [1.165, 1.54) is 0 Å². The summed E-state index contributed by atoms with van der Waals surface area (Å²) in [6.45, 7) is 2.07. The molecule has 19 heavy (non-hydrogen) atoms. The normalized spacial score (nSPS) is 10.9. The molecule has 0 aliphatic rings. The van der Waals surface area contributed by atoms with Gasteiger partial charge < -0.3 is 9.14 Å². The second-order valence-electron chi connectivity index (χ2n) is 4.33. The number of benzene rings is 1. The fourth-order valence-corrected chi connectivity index (χ4v) is 2.63. The molecule has 0 saturated heterocycles. The highest BCUT2D eigenvalue weighted by molar-refractivity contribution is 9.10. The molecule has 0 atom stereocenters. The summed E-state index contributed by atoms with van der Waals surface area (Å²) < 4.78 is 8.35. The molecule has 0 N–H and O–H groups in total. The van der Waals surface area contributed by atoms with Crippen LogP contribution in [0.3, 0.4) is 0 Å². The summed E-state index contributed by atoms with van der Waals surface area (Å²) in [5, 5.41) is 0. The minimum Gasteiger partial charge on any atom is -0.497 e. The molecular formula is C15H13BrN2O. The van der Waals surface area contributed by atoms with E-state index in [9.17, 15) is 0 Å². The van der Waals surface area contributed by atoms with Crippen LogP contribution in [0, 0.1) is 6.92 Å². The van der Waals surface area contributed by atoms with Gasteiger partial charge in [0.2, 0.25) is 0 Å². The number of ether oxygens (including phenoxy) is 1. The van der Waals surface area contributed by atoms with Crippen molar-refractivity contribution < 1.29 is 4.74 Å². The lowest BCUT2D eigenvalue weighted by molar-refractivity contribution is 0.415. The van der Waals surface area contributed by atoms with Crippen LogP contribution in [-0.2, 0) is 0 Å². The van der Waals surface area contributed by atoms with E-state index in [0.29, 0.717) is 0 Å². The van der Waals surface area contributed by atoms with E-state index < -0.39 is 0 Å². The Morgan fingerprint density at radius 3 is 2.79 bits per heavy atom. The minimum atomic E-state index is 0.841. The van der Waals surface area contributed by atoms with Gasteiger partial charge >= 0.3 is 0 Å². The molecule has 0 radical (unpaired) electrons. The predicted octanol–water partition coefficient (Wildman–Crippen LogP) is 4.08. The number of methoxy groups -OCH3 is 1. The minimum absolute atomic E-state index is 0.841. The number of imidazole rings is 1. The lowest BCUT2D eigenvalue weighted by Gasteiger charge is -2.03. The monoisotopic (exact) mass is 316 g/mol. The standard InChI is InChI=1S/C15H13BrN2O/c1-10-14(11-5-3-6-12(9-11)19-2)17-15-13(16)7-4-8-18(10)15/h3-9H,1-2H3. The molecule has 3 aromatic rings. The third kappa shape index (κ3) is 2.02. The number of pyridine rings is 1. The zero-order valence-electron chi connectivity index (χ0n) is 10.7. The molecule has 2 aromatic heterocycles. The predicted molar refractivity (Wildman–Crippen MR) is 79.6 cm³/mol. The van der Waals surface area contributed by atoms with Crippen molar-refractivity contribution in [3.63, 3.8) is 0 Å². The van der Waals surface area contributed by atoms with Gasteiger partial charge in [0.15, 0.2) is 5.65 Å². The smallest absolute Gasteiger partial charge is 0.152 e. The first-order chi connectivity index (χ1) is 9.20. The average Bonchev–Trinajstić information content (AvgIpc) is 2.78. The summed E-state index contributed by atoms with van der Waals surface area (Å²) in [6, 6.07) is 12.0. The number of nitrogens with zero attached hydrogens (tertiary/aromatic N) is 2. The van der Waals surface area contributed by atoms with Crippen LogP contribution in [0.15, 0.2) is 47.1 Å². The van der Waals surface area contributed by atoms with Crippen molar-refractivity contribution in [2.45, 2.75) is 6.92 Å². The van der Waals surface area contributed by atoms with Gasteiger partial charge in [0.1, 0.15) is 5.75 Å². The molecule has 3 nitrogen and oxygen atoms in total. The number of aromatic nitrogens is 2. The molecular weight excluding hydrogens is 304 g/mol. The highest BCUT2D eigenvalue weighted by Gasteiger charge is 2.12. The molecule has 0 aliphatic heterocycles. The van der Waals surface area contributed by atoms with Gasteiger partial charge in [-0.15, -0.1) is 0 Å². The van der Waals surface area contributed by atoms with Crippen LogP contribution >= 0.6 is 15.9 Å². The Kier molecular flexibility index (Phi) is 3.03. The summed E-state index contributed by atoms with van der Waals surface area (Å²) >= 11 is 3.54. The Morgan fingerprint density at radius 1 is 1.21 bits per heavy atom. The first-order valence-electron chi connectivity index (χ1n) is 5.98. The van der Waals surface area contributed by atoms with Crippen LogP contribution in [0.5, 0.6) is 5.75 Å². The van der Waals surface area contributed by atoms with E-state index in [2.05, 4.69) is 27.3 Å². The molecule has 0 saturated carbocycles. The Hall–Kier alpha value is -1.81. The number of halogens is 1. The number of fused-ring (bicyclic) bond motifs is 1. The van der Waals surface area contributed by atoms with Gasteiger partial charge in [0.05, 0.1) is 17.3 Å². The second-order valence-corrected chi connectivity index (χ2v) is 5.18.